The van der Waals surface area contributed by atoms with E-state index in [-0.39, 0.29) is 5.82 Å². The van der Waals surface area contributed by atoms with Gasteiger partial charge in [0.1, 0.15) is 34.3 Å². The molecule has 4 aromatic rings. The van der Waals surface area contributed by atoms with Crippen molar-refractivity contribution in [2.45, 2.75) is 52.4 Å². The summed E-state index contributed by atoms with van der Waals surface area (Å²) in [5.74, 6) is 0.325. The fourth-order valence-electron chi connectivity index (χ4n) is 5.04. The van der Waals surface area contributed by atoms with Gasteiger partial charge in [0.2, 0.25) is 0 Å². The average molecular weight is 612 g/mol. The Kier molecular flexibility index (Phi) is 9.85. The number of para-hydroxylation sites is 1. The molecule has 1 aliphatic rings. The normalized spacial score (nSPS) is 14.9. The van der Waals surface area contributed by atoms with E-state index in [1.165, 1.54) is 23.7 Å². The number of Topliss-reactive ketones (excluding diaryl/α,β-unsaturated/α-hetero) is 1. The quantitative estimate of drug-likeness (QED) is 0.118. The van der Waals surface area contributed by atoms with Crippen molar-refractivity contribution in [2.24, 2.45) is 0 Å². The first kappa shape index (κ1) is 30.4. The fraction of sp³-hybridized carbons (Fsp3) is 0.400. The van der Waals surface area contributed by atoms with Gasteiger partial charge < -0.3 is 24.1 Å². The number of nitrogens with zero attached hydrogens (tertiary/aromatic N) is 3. The number of hydrogen-bond donors (Lipinski definition) is 2. The summed E-state index contributed by atoms with van der Waals surface area (Å²) in [5, 5.41) is 4.00. The van der Waals surface area contributed by atoms with E-state index in [1.54, 1.807) is 25.3 Å². The molecule has 3 aromatic heterocycles. The molecule has 1 saturated heterocycles. The first-order chi connectivity index (χ1) is 20.9. The highest BCUT2D eigenvalue weighted by atomic mass is 32.1. The van der Waals surface area contributed by atoms with Crippen LogP contribution in [-0.2, 0) is 20.9 Å². The predicted octanol–water partition coefficient (Wildman–Crippen LogP) is 5.27. The standard InChI is InChI=1S/C30H34FN5O6S/c1-4-40-23-16-24(43-30(23)22(37)15-26(38)35-42-27-10-5-6-13-41-27)21-14-25(34-17-33-21)32-11-12-36-18(2)29(39-3)19-8-7-9-20(31)28(19)36/h7-9,14,16-17,27H,4-6,10-13,15H2,1-3H3,(H,35,38)(H,32,33,34). The molecule has 5 rings (SSSR count). The van der Waals surface area contributed by atoms with Crippen LogP contribution in [0.4, 0.5) is 10.2 Å². The number of benzene rings is 1. The van der Waals surface area contributed by atoms with Gasteiger partial charge in [0.15, 0.2) is 12.1 Å². The molecular weight excluding hydrogens is 577 g/mol. The van der Waals surface area contributed by atoms with Crippen molar-refractivity contribution in [1.29, 1.82) is 0 Å². The van der Waals surface area contributed by atoms with Crippen molar-refractivity contribution in [3.63, 3.8) is 0 Å². The number of amides is 1. The highest BCUT2D eigenvalue weighted by molar-refractivity contribution is 7.17. The van der Waals surface area contributed by atoms with Gasteiger partial charge in [-0.25, -0.2) is 24.7 Å². The second-order valence-corrected chi connectivity index (χ2v) is 10.9. The minimum Gasteiger partial charge on any atom is -0.494 e. The lowest BCUT2D eigenvalue weighted by Crippen LogP contribution is -2.33. The minimum atomic E-state index is -0.562. The van der Waals surface area contributed by atoms with Crippen LogP contribution in [0.25, 0.3) is 21.5 Å². The number of anilines is 1. The van der Waals surface area contributed by atoms with Crippen LogP contribution < -0.4 is 20.3 Å². The highest BCUT2D eigenvalue weighted by Crippen LogP contribution is 2.37. The van der Waals surface area contributed by atoms with Crippen LogP contribution in [0.3, 0.4) is 0 Å². The summed E-state index contributed by atoms with van der Waals surface area (Å²) in [6.07, 6.45) is 3.12. The van der Waals surface area contributed by atoms with E-state index in [9.17, 15) is 14.0 Å². The molecule has 0 bridgehead atoms. The SMILES string of the molecule is CCOc1cc(-c2cc(NCCn3c(C)c(OC)c4cccc(F)c43)ncn2)sc1C(=O)CC(=O)NOC1CCCCO1. The monoisotopic (exact) mass is 611 g/mol. The molecule has 0 spiro atoms. The van der Waals surface area contributed by atoms with Crippen LogP contribution in [0.1, 0.15) is 48.0 Å². The van der Waals surface area contributed by atoms with Gasteiger partial charge in [0.05, 0.1) is 41.9 Å². The molecule has 2 N–H and O–H groups in total. The van der Waals surface area contributed by atoms with E-state index in [4.69, 9.17) is 19.0 Å². The van der Waals surface area contributed by atoms with Gasteiger partial charge >= 0.3 is 0 Å². The van der Waals surface area contributed by atoms with Crippen molar-refractivity contribution in [1.82, 2.24) is 20.0 Å². The van der Waals surface area contributed by atoms with E-state index < -0.39 is 24.4 Å². The van der Waals surface area contributed by atoms with Crippen molar-refractivity contribution >= 4 is 39.7 Å². The first-order valence-corrected chi connectivity index (χ1v) is 14.9. The third-order valence-corrected chi connectivity index (χ3v) is 8.19. The Morgan fingerprint density at radius 2 is 2.09 bits per heavy atom. The lowest BCUT2D eigenvalue weighted by atomic mass is 10.2. The summed E-state index contributed by atoms with van der Waals surface area (Å²) >= 11 is 1.19. The molecule has 228 valence electrons. The Hall–Kier alpha value is -4.07. The van der Waals surface area contributed by atoms with Crippen molar-refractivity contribution in [3.8, 4) is 22.1 Å². The molecule has 1 unspecified atom stereocenters. The summed E-state index contributed by atoms with van der Waals surface area (Å²) in [5.41, 5.74) is 4.22. The number of halogens is 1. The summed E-state index contributed by atoms with van der Waals surface area (Å²) < 4.78 is 33.3. The number of ether oxygens (including phenoxy) is 3. The molecule has 0 aliphatic carbocycles. The smallest absolute Gasteiger partial charge is 0.251 e. The van der Waals surface area contributed by atoms with Gasteiger partial charge in [0.25, 0.3) is 5.91 Å². The number of methoxy groups -OCH3 is 1. The van der Waals surface area contributed by atoms with Crippen LogP contribution in [0.2, 0.25) is 0 Å². The Balaban J connectivity index is 1.25. The molecule has 43 heavy (non-hydrogen) atoms. The molecule has 13 heteroatoms. The van der Waals surface area contributed by atoms with Crippen LogP contribution in [0, 0.1) is 12.7 Å². The summed E-state index contributed by atoms with van der Waals surface area (Å²) in [6.45, 7) is 5.57. The van der Waals surface area contributed by atoms with E-state index in [0.717, 1.165) is 23.9 Å². The molecule has 1 aromatic carbocycles. The highest BCUT2D eigenvalue weighted by Gasteiger charge is 2.23. The van der Waals surface area contributed by atoms with Gasteiger partial charge in [-0.05, 0) is 38.8 Å². The Bertz CT molecular complexity index is 1600. The van der Waals surface area contributed by atoms with E-state index in [2.05, 4.69) is 20.8 Å². The number of rotatable bonds is 13. The summed E-state index contributed by atoms with van der Waals surface area (Å²) in [7, 11) is 1.58. The first-order valence-electron chi connectivity index (χ1n) is 14.1. The number of thiophene rings is 1. The van der Waals surface area contributed by atoms with Gasteiger partial charge in [-0.3, -0.25) is 9.59 Å². The number of carbonyl (C=O) groups excluding carboxylic acids is 2. The minimum absolute atomic E-state index is 0.315. The zero-order chi connectivity index (χ0) is 30.3. The van der Waals surface area contributed by atoms with Crippen molar-refractivity contribution in [2.75, 3.05) is 32.2 Å². The van der Waals surface area contributed by atoms with Crippen LogP contribution in [0.5, 0.6) is 11.5 Å². The molecule has 1 amide bonds. The maximum absolute atomic E-state index is 14.7. The molecule has 1 fully saturated rings. The number of fused-ring (bicyclic) bond motifs is 1. The number of hydroxylamine groups is 1. The molecule has 0 radical (unpaired) electrons. The van der Waals surface area contributed by atoms with Crippen LogP contribution in [0.15, 0.2) is 36.7 Å². The van der Waals surface area contributed by atoms with Gasteiger partial charge in [-0.1, -0.05) is 6.07 Å². The summed E-state index contributed by atoms with van der Waals surface area (Å²) in [6, 6.07) is 8.45. The second kappa shape index (κ2) is 13.9. The number of hydrogen-bond acceptors (Lipinski definition) is 10. The second-order valence-electron chi connectivity index (χ2n) is 9.90. The molecular formula is C30H34FN5O6S. The summed E-state index contributed by atoms with van der Waals surface area (Å²) in [4.78, 5) is 40.4. The maximum atomic E-state index is 14.7. The molecule has 4 heterocycles. The van der Waals surface area contributed by atoms with Gasteiger partial charge in [-0.2, -0.15) is 0 Å². The third kappa shape index (κ3) is 6.95. The molecule has 1 aliphatic heterocycles. The average Bonchev–Trinajstić information content (AvgIpc) is 3.56. The van der Waals surface area contributed by atoms with E-state index in [1.807, 2.05) is 24.5 Å². The zero-order valence-corrected chi connectivity index (χ0v) is 25.1. The number of aromatic nitrogens is 3. The number of carbonyl (C=O) groups is 2. The van der Waals surface area contributed by atoms with Gasteiger partial charge in [-0.15, -0.1) is 11.3 Å². The lowest BCUT2D eigenvalue weighted by molar-refractivity contribution is -0.200. The molecule has 0 saturated carbocycles. The Morgan fingerprint density at radius 3 is 2.86 bits per heavy atom. The van der Waals surface area contributed by atoms with Crippen LogP contribution in [-0.4, -0.2) is 59.4 Å². The fourth-order valence-corrected chi connectivity index (χ4v) is 6.04. The molecule has 11 nitrogen and oxygen atoms in total. The molecule has 1 atom stereocenters. The van der Waals surface area contributed by atoms with E-state index >= 15 is 0 Å². The number of nitrogens with one attached hydrogen (secondary N) is 2. The van der Waals surface area contributed by atoms with Crippen LogP contribution >= 0.6 is 11.3 Å². The van der Waals surface area contributed by atoms with Crippen molar-refractivity contribution in [3.05, 3.63) is 53.0 Å². The predicted molar refractivity (Wildman–Crippen MR) is 160 cm³/mol. The Labute approximate surface area is 252 Å². The Morgan fingerprint density at radius 1 is 1.23 bits per heavy atom. The maximum Gasteiger partial charge on any atom is 0.251 e. The lowest BCUT2D eigenvalue weighted by Gasteiger charge is -2.21. The number of ketones is 1. The topological polar surface area (TPSA) is 126 Å². The zero-order valence-electron chi connectivity index (χ0n) is 24.3. The van der Waals surface area contributed by atoms with Gasteiger partial charge in [0, 0.05) is 43.6 Å². The van der Waals surface area contributed by atoms with Crippen molar-refractivity contribution < 1.29 is 33.0 Å². The van der Waals surface area contributed by atoms with E-state index in [0.29, 0.717) is 71.0 Å². The third-order valence-electron chi connectivity index (χ3n) is 7.01. The largest absolute Gasteiger partial charge is 0.494 e.